The molecule has 1 aromatic heterocycles. The summed E-state index contributed by atoms with van der Waals surface area (Å²) in [7, 11) is 0. The molecule has 0 spiro atoms. The molecule has 1 aromatic rings. The van der Waals surface area contributed by atoms with Gasteiger partial charge in [0, 0.05) is 17.8 Å². The van der Waals surface area contributed by atoms with Gasteiger partial charge >= 0.3 is 0 Å². The molecule has 0 aliphatic heterocycles. The van der Waals surface area contributed by atoms with Crippen molar-refractivity contribution in [2.75, 3.05) is 0 Å². The maximum absolute atomic E-state index is 5.22. The molecule has 0 unspecified atom stereocenters. The highest BCUT2D eigenvalue weighted by Gasteiger charge is 2.14. The molecule has 1 rings (SSSR count). The van der Waals surface area contributed by atoms with Crippen LogP contribution in [0, 0.1) is 6.42 Å². The Bertz CT molecular complexity index is 988. The quantitative estimate of drug-likeness (QED) is 0.0609. The summed E-state index contributed by atoms with van der Waals surface area (Å²) in [5.41, 5.74) is 4.38. The average molecular weight is 907 g/mol. The van der Waals surface area contributed by atoms with Crippen molar-refractivity contribution in [3.63, 3.8) is 0 Å². The van der Waals surface area contributed by atoms with E-state index in [2.05, 4.69) is 34.1 Å². The monoisotopic (exact) mass is 906 g/mol. The fourth-order valence-electron chi connectivity index (χ4n) is 10.5. The van der Waals surface area contributed by atoms with Gasteiger partial charge in [-0.2, -0.15) is 0 Å². The number of nitrogens with zero attached hydrogens (tertiary/aromatic N) is 2. The first kappa shape index (κ1) is 62.1. The SMILES string of the molecule is C[CH]c1nc(CCCCCCCCCCCCCCCCCCC)c(CCCCCCCCCCCCCCCCCCC)c(CCCCCCCCCCCCCCCCCCC)n1. The fraction of sp³-hybridized carbons (Fsp3) is 0.921. The molecular formula is C63H121N2. The summed E-state index contributed by atoms with van der Waals surface area (Å²) < 4.78 is 0. The predicted molar refractivity (Wildman–Crippen MR) is 295 cm³/mol. The van der Waals surface area contributed by atoms with E-state index in [0.717, 1.165) is 18.7 Å². The summed E-state index contributed by atoms with van der Waals surface area (Å²) in [5, 5.41) is 0. The van der Waals surface area contributed by atoms with Crippen LogP contribution in [0.4, 0.5) is 0 Å². The molecule has 2 heteroatoms. The maximum Gasteiger partial charge on any atom is 0.132 e. The molecule has 0 saturated heterocycles. The lowest BCUT2D eigenvalue weighted by Gasteiger charge is -2.16. The van der Waals surface area contributed by atoms with E-state index < -0.39 is 0 Å². The summed E-state index contributed by atoms with van der Waals surface area (Å²) >= 11 is 0. The van der Waals surface area contributed by atoms with E-state index in [4.69, 9.17) is 9.97 Å². The van der Waals surface area contributed by atoms with E-state index in [1.807, 2.05) is 0 Å². The number of aryl methyl sites for hydroxylation is 2. The van der Waals surface area contributed by atoms with Gasteiger partial charge in [0.25, 0.3) is 0 Å². The van der Waals surface area contributed by atoms with Gasteiger partial charge in [0.15, 0.2) is 0 Å². The van der Waals surface area contributed by atoms with Gasteiger partial charge in [-0.05, 0) is 44.1 Å². The minimum Gasteiger partial charge on any atom is -0.237 e. The second-order valence-corrected chi connectivity index (χ2v) is 21.5. The molecule has 1 heterocycles. The van der Waals surface area contributed by atoms with Crippen LogP contribution < -0.4 is 0 Å². The van der Waals surface area contributed by atoms with Crippen LogP contribution in [0.3, 0.4) is 0 Å². The van der Waals surface area contributed by atoms with Crippen molar-refractivity contribution in [1.82, 2.24) is 9.97 Å². The first-order valence-electron chi connectivity index (χ1n) is 30.9. The fourth-order valence-corrected chi connectivity index (χ4v) is 10.5. The van der Waals surface area contributed by atoms with Crippen LogP contribution in [-0.4, -0.2) is 9.97 Å². The van der Waals surface area contributed by atoms with Gasteiger partial charge in [-0.1, -0.05) is 336 Å². The normalized spacial score (nSPS) is 11.7. The van der Waals surface area contributed by atoms with Gasteiger partial charge in [-0.3, -0.25) is 0 Å². The van der Waals surface area contributed by atoms with Gasteiger partial charge < -0.3 is 0 Å². The zero-order valence-corrected chi connectivity index (χ0v) is 45.7. The summed E-state index contributed by atoms with van der Waals surface area (Å²) in [6.45, 7) is 9.09. The van der Waals surface area contributed by atoms with Gasteiger partial charge in [0.05, 0.1) is 0 Å². The first-order chi connectivity index (χ1) is 32.3. The minimum absolute atomic E-state index is 0.986. The highest BCUT2D eigenvalue weighted by atomic mass is 14.9. The Labute approximate surface area is 411 Å². The van der Waals surface area contributed by atoms with Gasteiger partial charge in [-0.15, -0.1) is 0 Å². The van der Waals surface area contributed by atoms with Crippen molar-refractivity contribution in [3.8, 4) is 0 Å². The van der Waals surface area contributed by atoms with E-state index in [0.29, 0.717) is 0 Å². The number of unbranched alkanes of at least 4 members (excludes halogenated alkanes) is 48. The van der Waals surface area contributed by atoms with Gasteiger partial charge in [0.2, 0.25) is 0 Å². The Kier molecular flexibility index (Phi) is 50.1. The molecular weight excluding hydrogens is 785 g/mol. The molecule has 0 N–H and O–H groups in total. The third-order valence-electron chi connectivity index (χ3n) is 15.0. The number of rotatable bonds is 55. The largest absolute Gasteiger partial charge is 0.237 e. The van der Waals surface area contributed by atoms with Crippen LogP contribution >= 0.6 is 0 Å². The predicted octanol–water partition coefficient (Wildman–Crippen LogP) is 22.6. The molecule has 0 fully saturated rings. The van der Waals surface area contributed by atoms with E-state index in [1.165, 1.54) is 345 Å². The standard InChI is InChI=1S/C63H121N2/c1-5-9-12-15-18-21-24-27-30-33-36-39-42-45-48-51-54-57-60-61(58-55-52-49-46-43-40-37-34-31-28-25-22-19-16-13-10-6-2)64-63(8-4)65-62(60)59-56-53-50-47-44-41-38-35-32-29-26-23-20-17-14-11-7-3/h8H,5-7,9-59H2,1-4H3. The second-order valence-electron chi connectivity index (χ2n) is 21.5. The van der Waals surface area contributed by atoms with E-state index >= 15 is 0 Å². The molecule has 0 bridgehead atoms. The van der Waals surface area contributed by atoms with Crippen LogP contribution in [0.15, 0.2) is 0 Å². The van der Waals surface area contributed by atoms with Crippen molar-refractivity contribution in [2.45, 2.75) is 374 Å². The van der Waals surface area contributed by atoms with Gasteiger partial charge in [0.1, 0.15) is 5.82 Å². The van der Waals surface area contributed by atoms with E-state index in [1.54, 1.807) is 5.56 Å². The highest BCUT2D eigenvalue weighted by molar-refractivity contribution is 5.28. The number of hydrogen-bond donors (Lipinski definition) is 0. The molecule has 2 nitrogen and oxygen atoms in total. The lowest BCUT2D eigenvalue weighted by atomic mass is 9.96. The highest BCUT2D eigenvalue weighted by Crippen LogP contribution is 2.23. The summed E-state index contributed by atoms with van der Waals surface area (Å²) in [4.78, 5) is 10.4. The Balaban J connectivity index is 2.40. The van der Waals surface area contributed by atoms with E-state index in [9.17, 15) is 0 Å². The number of aromatic nitrogens is 2. The third-order valence-corrected chi connectivity index (χ3v) is 15.0. The van der Waals surface area contributed by atoms with Gasteiger partial charge in [-0.25, -0.2) is 9.97 Å². The summed E-state index contributed by atoms with van der Waals surface area (Å²) in [6, 6.07) is 0. The molecule has 1 radical (unpaired) electrons. The van der Waals surface area contributed by atoms with Crippen molar-refractivity contribution in [1.29, 1.82) is 0 Å². The zero-order chi connectivity index (χ0) is 46.6. The molecule has 383 valence electrons. The van der Waals surface area contributed by atoms with Crippen LogP contribution in [0.25, 0.3) is 0 Å². The van der Waals surface area contributed by atoms with Crippen molar-refractivity contribution in [2.24, 2.45) is 0 Å². The summed E-state index contributed by atoms with van der Waals surface area (Å²) in [5.74, 6) is 0.986. The molecule has 0 aliphatic rings. The topological polar surface area (TPSA) is 25.8 Å². The average Bonchev–Trinajstić information content (AvgIpc) is 3.32. The van der Waals surface area contributed by atoms with Crippen LogP contribution in [0.5, 0.6) is 0 Å². The molecule has 0 saturated carbocycles. The lowest BCUT2D eigenvalue weighted by Crippen LogP contribution is -2.10. The van der Waals surface area contributed by atoms with Crippen molar-refractivity contribution in [3.05, 3.63) is 29.2 Å². The smallest absolute Gasteiger partial charge is 0.132 e. The Morgan fingerprint density at radius 3 is 0.585 bits per heavy atom. The Hall–Kier alpha value is -0.920. The molecule has 0 atom stereocenters. The number of hydrogen-bond acceptors (Lipinski definition) is 2. The van der Waals surface area contributed by atoms with Crippen LogP contribution in [0.1, 0.15) is 378 Å². The molecule has 65 heavy (non-hydrogen) atoms. The second kappa shape index (κ2) is 52.5. The Morgan fingerprint density at radius 1 is 0.231 bits per heavy atom. The molecule has 0 aliphatic carbocycles. The maximum atomic E-state index is 5.22. The van der Waals surface area contributed by atoms with Crippen LogP contribution in [-0.2, 0) is 19.3 Å². The third kappa shape index (κ3) is 42.9. The zero-order valence-electron chi connectivity index (χ0n) is 45.7. The first-order valence-corrected chi connectivity index (χ1v) is 30.9. The molecule has 0 aromatic carbocycles. The molecule has 0 amide bonds. The van der Waals surface area contributed by atoms with E-state index in [-0.39, 0.29) is 0 Å². The Morgan fingerprint density at radius 2 is 0.400 bits per heavy atom. The lowest BCUT2D eigenvalue weighted by molar-refractivity contribution is 0.524. The van der Waals surface area contributed by atoms with Crippen molar-refractivity contribution >= 4 is 0 Å². The van der Waals surface area contributed by atoms with Crippen molar-refractivity contribution < 1.29 is 0 Å². The van der Waals surface area contributed by atoms with Crippen LogP contribution in [0.2, 0.25) is 0 Å². The summed E-state index contributed by atoms with van der Waals surface area (Å²) in [6.07, 6.45) is 78.8. The minimum atomic E-state index is 0.986.